The van der Waals surface area contributed by atoms with Gasteiger partial charge in [0.1, 0.15) is 11.1 Å². The Kier molecular flexibility index (Phi) is 2.77. The SMILES string of the molecule is N#CC(=O)c1cc(F)c(F)c(Cl)c1F. The lowest BCUT2D eigenvalue weighted by atomic mass is 10.1. The van der Waals surface area contributed by atoms with Crippen molar-refractivity contribution in [2.45, 2.75) is 0 Å². The van der Waals surface area contributed by atoms with Gasteiger partial charge in [-0.15, -0.1) is 0 Å². The van der Waals surface area contributed by atoms with Gasteiger partial charge in [0.2, 0.25) is 0 Å². The molecule has 0 aliphatic rings. The van der Waals surface area contributed by atoms with Crippen LogP contribution < -0.4 is 0 Å². The van der Waals surface area contributed by atoms with E-state index < -0.39 is 33.8 Å². The summed E-state index contributed by atoms with van der Waals surface area (Å²) >= 11 is 5.04. The van der Waals surface area contributed by atoms with Gasteiger partial charge in [-0.1, -0.05) is 11.6 Å². The fraction of sp³-hybridized carbons (Fsp3) is 0. The highest BCUT2D eigenvalue weighted by atomic mass is 35.5. The predicted octanol–water partition coefficient (Wildman–Crippen LogP) is 2.46. The number of rotatable bonds is 1. The number of hydrogen-bond donors (Lipinski definition) is 0. The van der Waals surface area contributed by atoms with Crippen LogP contribution in [0.15, 0.2) is 6.07 Å². The fourth-order valence-electron chi connectivity index (χ4n) is 0.798. The molecular formula is C8HClF3NO. The molecule has 0 aliphatic heterocycles. The second-order valence-corrected chi connectivity index (χ2v) is 2.67. The first-order valence-corrected chi connectivity index (χ1v) is 3.64. The Balaban J connectivity index is 3.50. The Morgan fingerprint density at radius 2 is 1.93 bits per heavy atom. The summed E-state index contributed by atoms with van der Waals surface area (Å²) < 4.78 is 38.2. The lowest BCUT2D eigenvalue weighted by molar-refractivity contribution is 0.105. The highest BCUT2D eigenvalue weighted by Gasteiger charge is 2.21. The molecule has 0 heterocycles. The van der Waals surface area contributed by atoms with Crippen LogP contribution in [0.1, 0.15) is 10.4 Å². The van der Waals surface area contributed by atoms with Crippen molar-refractivity contribution in [3.05, 3.63) is 34.1 Å². The number of benzene rings is 1. The molecule has 0 bridgehead atoms. The molecule has 0 atom stereocenters. The van der Waals surface area contributed by atoms with Crippen molar-refractivity contribution in [3.8, 4) is 6.07 Å². The first-order chi connectivity index (χ1) is 6.49. The number of Topliss-reactive ketones (excluding diaryl/α,β-unsaturated/α-hetero) is 1. The van der Waals surface area contributed by atoms with E-state index in [0.29, 0.717) is 6.07 Å². The standard InChI is InChI=1S/C8HClF3NO/c9-6-7(11)3(5(14)2-13)1-4(10)8(6)12/h1H. The third-order valence-corrected chi connectivity index (χ3v) is 1.78. The topological polar surface area (TPSA) is 40.9 Å². The van der Waals surface area contributed by atoms with Crippen LogP contribution in [-0.4, -0.2) is 5.78 Å². The fourth-order valence-corrected chi connectivity index (χ4v) is 0.990. The van der Waals surface area contributed by atoms with E-state index in [1.807, 2.05) is 0 Å². The molecule has 0 aliphatic carbocycles. The van der Waals surface area contributed by atoms with Crippen LogP contribution >= 0.6 is 11.6 Å². The minimum Gasteiger partial charge on any atom is -0.277 e. The molecule has 1 aromatic rings. The summed E-state index contributed by atoms with van der Waals surface area (Å²) in [6, 6.07) is 1.36. The van der Waals surface area contributed by atoms with Gasteiger partial charge in [0.15, 0.2) is 17.5 Å². The Morgan fingerprint density at radius 3 is 2.43 bits per heavy atom. The van der Waals surface area contributed by atoms with Gasteiger partial charge in [-0.3, -0.25) is 4.79 Å². The average molecular weight is 220 g/mol. The number of halogens is 4. The smallest absolute Gasteiger partial charge is 0.265 e. The van der Waals surface area contributed by atoms with E-state index in [-0.39, 0.29) is 0 Å². The second kappa shape index (κ2) is 3.68. The Morgan fingerprint density at radius 1 is 1.36 bits per heavy atom. The van der Waals surface area contributed by atoms with E-state index in [1.165, 1.54) is 0 Å². The third kappa shape index (κ3) is 1.56. The van der Waals surface area contributed by atoms with Crippen molar-refractivity contribution in [2.24, 2.45) is 0 Å². The van der Waals surface area contributed by atoms with E-state index in [0.717, 1.165) is 6.07 Å². The minimum atomic E-state index is -1.58. The Bertz CT molecular complexity index is 453. The number of nitriles is 1. The second-order valence-electron chi connectivity index (χ2n) is 2.29. The Labute approximate surface area is 81.5 Å². The molecule has 0 saturated heterocycles. The average Bonchev–Trinajstić information content (AvgIpc) is 2.19. The summed E-state index contributed by atoms with van der Waals surface area (Å²) in [6.07, 6.45) is 0. The summed E-state index contributed by atoms with van der Waals surface area (Å²) in [5.74, 6) is -5.81. The lowest BCUT2D eigenvalue weighted by Gasteiger charge is -2.01. The molecule has 14 heavy (non-hydrogen) atoms. The highest BCUT2D eigenvalue weighted by Crippen LogP contribution is 2.24. The molecule has 72 valence electrons. The molecule has 0 fully saturated rings. The van der Waals surface area contributed by atoms with E-state index in [9.17, 15) is 18.0 Å². The monoisotopic (exact) mass is 219 g/mol. The summed E-state index contributed by atoms with van der Waals surface area (Å²) in [6.45, 7) is 0. The van der Waals surface area contributed by atoms with Crippen molar-refractivity contribution in [2.75, 3.05) is 0 Å². The molecule has 1 rings (SSSR count). The quantitative estimate of drug-likeness (QED) is 0.315. The zero-order chi connectivity index (χ0) is 10.9. The third-order valence-electron chi connectivity index (χ3n) is 1.45. The summed E-state index contributed by atoms with van der Waals surface area (Å²) in [5, 5.41) is 7.00. The van der Waals surface area contributed by atoms with Gasteiger partial charge in [0.05, 0.1) is 5.56 Å². The molecule has 0 aromatic heterocycles. The van der Waals surface area contributed by atoms with Gasteiger partial charge >= 0.3 is 0 Å². The van der Waals surface area contributed by atoms with Gasteiger partial charge in [-0.05, 0) is 6.07 Å². The van der Waals surface area contributed by atoms with Crippen LogP contribution in [0.25, 0.3) is 0 Å². The van der Waals surface area contributed by atoms with E-state index in [1.54, 1.807) is 0 Å². The van der Waals surface area contributed by atoms with Crippen LogP contribution in [-0.2, 0) is 0 Å². The largest absolute Gasteiger partial charge is 0.277 e. The van der Waals surface area contributed by atoms with Crippen molar-refractivity contribution >= 4 is 17.4 Å². The van der Waals surface area contributed by atoms with Crippen molar-refractivity contribution in [1.29, 1.82) is 5.26 Å². The molecule has 0 amide bonds. The first-order valence-electron chi connectivity index (χ1n) is 3.26. The maximum absolute atomic E-state index is 13.0. The van der Waals surface area contributed by atoms with E-state index in [4.69, 9.17) is 16.9 Å². The molecule has 0 N–H and O–H groups in total. The number of nitrogens with zero attached hydrogens (tertiary/aromatic N) is 1. The van der Waals surface area contributed by atoms with Crippen LogP contribution in [0.4, 0.5) is 13.2 Å². The van der Waals surface area contributed by atoms with Gasteiger partial charge in [-0.25, -0.2) is 13.2 Å². The first kappa shape index (κ1) is 10.5. The molecular weight excluding hydrogens is 219 g/mol. The van der Waals surface area contributed by atoms with Gasteiger partial charge < -0.3 is 0 Å². The predicted molar refractivity (Wildman–Crippen MR) is 41.3 cm³/mol. The molecule has 0 saturated carbocycles. The van der Waals surface area contributed by atoms with Crippen LogP contribution in [0, 0.1) is 28.8 Å². The van der Waals surface area contributed by atoms with Crippen molar-refractivity contribution in [1.82, 2.24) is 0 Å². The van der Waals surface area contributed by atoms with Crippen molar-refractivity contribution in [3.63, 3.8) is 0 Å². The number of carbonyl (C=O) groups excluding carboxylic acids is 1. The zero-order valence-electron chi connectivity index (χ0n) is 6.44. The van der Waals surface area contributed by atoms with Crippen LogP contribution in [0.5, 0.6) is 0 Å². The number of carbonyl (C=O) groups is 1. The summed E-state index contributed by atoms with van der Waals surface area (Å²) in [4.78, 5) is 10.7. The maximum atomic E-state index is 13.0. The van der Waals surface area contributed by atoms with Gasteiger partial charge in [0, 0.05) is 0 Å². The van der Waals surface area contributed by atoms with Gasteiger partial charge in [0.25, 0.3) is 5.78 Å². The Hall–Kier alpha value is -1.54. The number of hydrogen-bond acceptors (Lipinski definition) is 2. The molecule has 0 spiro atoms. The van der Waals surface area contributed by atoms with E-state index >= 15 is 0 Å². The molecule has 0 radical (unpaired) electrons. The molecule has 6 heteroatoms. The lowest BCUT2D eigenvalue weighted by Crippen LogP contribution is -2.03. The van der Waals surface area contributed by atoms with E-state index in [2.05, 4.69) is 0 Å². The molecule has 0 unspecified atom stereocenters. The normalized spacial score (nSPS) is 9.64. The summed E-state index contributed by atoms with van der Waals surface area (Å²) in [7, 11) is 0. The molecule has 1 aromatic carbocycles. The van der Waals surface area contributed by atoms with Crippen LogP contribution in [0.3, 0.4) is 0 Å². The molecule has 2 nitrogen and oxygen atoms in total. The van der Waals surface area contributed by atoms with Crippen molar-refractivity contribution < 1.29 is 18.0 Å². The maximum Gasteiger partial charge on any atom is 0.265 e. The highest BCUT2D eigenvalue weighted by molar-refractivity contribution is 6.31. The van der Waals surface area contributed by atoms with Gasteiger partial charge in [-0.2, -0.15) is 5.26 Å². The van der Waals surface area contributed by atoms with Crippen LogP contribution in [0.2, 0.25) is 5.02 Å². The number of ketones is 1. The zero-order valence-corrected chi connectivity index (χ0v) is 7.20. The summed E-state index contributed by atoms with van der Waals surface area (Å²) in [5.41, 5.74) is -0.878. The minimum absolute atomic E-state index is 0.294.